The molecule has 0 aliphatic carbocycles. The lowest BCUT2D eigenvalue weighted by Gasteiger charge is -2.18. The topological polar surface area (TPSA) is 96.6 Å². The Morgan fingerprint density at radius 2 is 2.29 bits per heavy atom. The maximum Gasteiger partial charge on any atom is 0.338 e. The molecule has 0 aliphatic heterocycles. The molecule has 1 aromatic carbocycles. The van der Waals surface area contributed by atoms with Crippen LogP contribution in [0.15, 0.2) is 23.0 Å². The molecular formula is C12H10FN3O4S. The fourth-order valence-electron chi connectivity index (χ4n) is 1.81. The van der Waals surface area contributed by atoms with E-state index in [1.165, 1.54) is 16.2 Å². The van der Waals surface area contributed by atoms with Crippen molar-refractivity contribution in [2.45, 2.75) is 6.54 Å². The average Bonchev–Trinajstić information content (AvgIpc) is 2.90. The number of aromatic carboxylic acids is 1. The van der Waals surface area contributed by atoms with Gasteiger partial charge in [-0.3, -0.25) is 10.1 Å². The number of nitro benzene ring substituents is 1. The third-order valence-electron chi connectivity index (χ3n) is 2.79. The number of aromatic nitrogens is 1. The van der Waals surface area contributed by atoms with E-state index in [0.717, 1.165) is 6.07 Å². The van der Waals surface area contributed by atoms with Crippen LogP contribution in [-0.4, -0.2) is 28.0 Å². The normalized spacial score (nSPS) is 10.4. The van der Waals surface area contributed by atoms with Crippen LogP contribution in [0.3, 0.4) is 0 Å². The number of hydrogen-bond acceptors (Lipinski definition) is 6. The lowest BCUT2D eigenvalue weighted by molar-refractivity contribution is -0.384. The number of carboxylic acid groups (broad SMARTS) is 1. The summed E-state index contributed by atoms with van der Waals surface area (Å²) in [6.07, 6.45) is 0. The first-order chi connectivity index (χ1) is 9.90. The minimum atomic E-state index is -1.48. The van der Waals surface area contributed by atoms with Crippen LogP contribution in [0.25, 0.3) is 0 Å². The molecule has 21 heavy (non-hydrogen) atoms. The zero-order valence-corrected chi connectivity index (χ0v) is 11.6. The predicted octanol–water partition coefficient (Wildman–Crippen LogP) is 2.53. The molecular weight excluding hydrogens is 301 g/mol. The molecule has 0 saturated heterocycles. The van der Waals surface area contributed by atoms with Crippen molar-refractivity contribution in [3.63, 3.8) is 0 Å². The van der Waals surface area contributed by atoms with Crippen molar-refractivity contribution in [1.29, 1.82) is 0 Å². The number of thiazole rings is 1. The highest BCUT2D eigenvalue weighted by atomic mass is 32.1. The van der Waals surface area contributed by atoms with Crippen molar-refractivity contribution in [2.24, 2.45) is 0 Å². The second-order valence-electron chi connectivity index (χ2n) is 4.22. The van der Waals surface area contributed by atoms with E-state index in [2.05, 4.69) is 4.98 Å². The molecule has 0 atom stereocenters. The molecule has 0 fully saturated rings. The van der Waals surface area contributed by atoms with E-state index in [-0.39, 0.29) is 12.2 Å². The van der Waals surface area contributed by atoms with Gasteiger partial charge in [-0.1, -0.05) is 0 Å². The second kappa shape index (κ2) is 5.83. The Morgan fingerprint density at radius 3 is 2.81 bits per heavy atom. The summed E-state index contributed by atoms with van der Waals surface area (Å²) < 4.78 is 13.6. The summed E-state index contributed by atoms with van der Waals surface area (Å²) in [5.41, 5.74) is 1.21. The average molecular weight is 311 g/mol. The number of hydrogen-bond donors (Lipinski definition) is 1. The minimum Gasteiger partial charge on any atom is -0.478 e. The Kier molecular flexibility index (Phi) is 4.13. The van der Waals surface area contributed by atoms with Crippen molar-refractivity contribution >= 4 is 28.7 Å². The summed E-state index contributed by atoms with van der Waals surface area (Å²) in [4.78, 5) is 26.7. The molecule has 110 valence electrons. The highest BCUT2D eigenvalue weighted by molar-refractivity contribution is 7.07. The molecule has 0 unspecified atom stereocenters. The van der Waals surface area contributed by atoms with Crippen LogP contribution in [0.5, 0.6) is 0 Å². The van der Waals surface area contributed by atoms with Gasteiger partial charge in [-0.05, 0) is 6.07 Å². The number of anilines is 1. The predicted molar refractivity (Wildman–Crippen MR) is 74.2 cm³/mol. The molecule has 2 rings (SSSR count). The molecule has 9 heteroatoms. The van der Waals surface area contributed by atoms with Gasteiger partial charge in [-0.25, -0.2) is 14.2 Å². The largest absolute Gasteiger partial charge is 0.478 e. The van der Waals surface area contributed by atoms with Gasteiger partial charge in [0.15, 0.2) is 0 Å². The van der Waals surface area contributed by atoms with Crippen molar-refractivity contribution < 1.29 is 19.2 Å². The number of benzene rings is 1. The van der Waals surface area contributed by atoms with Crippen LogP contribution in [0.2, 0.25) is 0 Å². The van der Waals surface area contributed by atoms with E-state index in [9.17, 15) is 19.3 Å². The molecule has 1 aromatic heterocycles. The minimum absolute atomic E-state index is 0.0202. The van der Waals surface area contributed by atoms with Gasteiger partial charge >= 0.3 is 5.97 Å². The Morgan fingerprint density at radius 1 is 1.57 bits per heavy atom. The first-order valence-electron chi connectivity index (χ1n) is 5.69. The SMILES string of the molecule is CN(Cc1cscn1)c1cc(C(=O)O)c(F)cc1[N+](=O)[O-]. The first kappa shape index (κ1) is 14.9. The lowest BCUT2D eigenvalue weighted by atomic mass is 10.1. The monoisotopic (exact) mass is 311 g/mol. The van der Waals surface area contributed by atoms with E-state index >= 15 is 0 Å². The lowest BCUT2D eigenvalue weighted by Crippen LogP contribution is -2.19. The zero-order valence-electron chi connectivity index (χ0n) is 10.8. The number of rotatable bonds is 5. The molecule has 0 amide bonds. The molecule has 0 spiro atoms. The Labute approximate surface area is 122 Å². The van der Waals surface area contributed by atoms with Crippen molar-refractivity contribution in [1.82, 2.24) is 4.98 Å². The summed E-state index contributed by atoms with van der Waals surface area (Å²) >= 11 is 1.37. The van der Waals surface area contributed by atoms with Crippen LogP contribution in [-0.2, 0) is 6.54 Å². The zero-order chi connectivity index (χ0) is 15.6. The quantitative estimate of drug-likeness (QED) is 0.673. The first-order valence-corrected chi connectivity index (χ1v) is 6.64. The fourth-order valence-corrected chi connectivity index (χ4v) is 2.36. The van der Waals surface area contributed by atoms with Crippen molar-refractivity contribution in [3.8, 4) is 0 Å². The molecule has 7 nitrogen and oxygen atoms in total. The van der Waals surface area contributed by atoms with Gasteiger partial charge in [0, 0.05) is 12.4 Å². The molecule has 0 aliphatic rings. The number of nitro groups is 1. The summed E-state index contributed by atoms with van der Waals surface area (Å²) in [5.74, 6) is -2.62. The summed E-state index contributed by atoms with van der Waals surface area (Å²) in [6, 6.07) is 1.58. The van der Waals surface area contributed by atoms with Crippen LogP contribution >= 0.6 is 11.3 Å². The molecule has 1 heterocycles. The summed E-state index contributed by atoms with van der Waals surface area (Å²) in [7, 11) is 1.55. The maximum absolute atomic E-state index is 13.6. The maximum atomic E-state index is 13.6. The van der Waals surface area contributed by atoms with Gasteiger partial charge in [0.1, 0.15) is 11.5 Å². The van der Waals surface area contributed by atoms with E-state index in [1.807, 2.05) is 0 Å². The van der Waals surface area contributed by atoms with Gasteiger partial charge in [-0.15, -0.1) is 11.3 Å². The third kappa shape index (κ3) is 3.14. The van der Waals surface area contributed by atoms with Gasteiger partial charge < -0.3 is 10.0 Å². The van der Waals surface area contributed by atoms with Crippen LogP contribution in [0.4, 0.5) is 15.8 Å². The molecule has 0 radical (unpaired) electrons. The Balaban J connectivity index is 2.46. The summed E-state index contributed by atoms with van der Waals surface area (Å²) in [6.45, 7) is 0.245. The van der Waals surface area contributed by atoms with Crippen LogP contribution < -0.4 is 4.90 Å². The Bertz CT molecular complexity index is 690. The van der Waals surface area contributed by atoms with Gasteiger partial charge in [-0.2, -0.15) is 0 Å². The van der Waals surface area contributed by atoms with Crippen LogP contribution in [0, 0.1) is 15.9 Å². The van der Waals surface area contributed by atoms with Crippen molar-refractivity contribution in [3.05, 3.63) is 50.2 Å². The van der Waals surface area contributed by atoms with Gasteiger partial charge in [0.05, 0.1) is 34.3 Å². The highest BCUT2D eigenvalue weighted by Crippen LogP contribution is 2.31. The number of nitrogens with zero attached hydrogens (tertiary/aromatic N) is 3. The van der Waals surface area contributed by atoms with Crippen LogP contribution in [0.1, 0.15) is 16.1 Å². The van der Waals surface area contributed by atoms with E-state index in [0.29, 0.717) is 11.8 Å². The smallest absolute Gasteiger partial charge is 0.338 e. The van der Waals surface area contributed by atoms with E-state index < -0.39 is 28.0 Å². The highest BCUT2D eigenvalue weighted by Gasteiger charge is 2.24. The fraction of sp³-hybridized carbons (Fsp3) is 0.167. The second-order valence-corrected chi connectivity index (χ2v) is 4.94. The van der Waals surface area contributed by atoms with Gasteiger partial charge in [0.2, 0.25) is 0 Å². The molecule has 2 aromatic rings. The third-order valence-corrected chi connectivity index (χ3v) is 3.42. The molecule has 0 bridgehead atoms. The molecule has 1 N–H and O–H groups in total. The van der Waals surface area contributed by atoms with E-state index in [1.54, 1.807) is 17.9 Å². The summed E-state index contributed by atoms with van der Waals surface area (Å²) in [5, 5.41) is 21.7. The van der Waals surface area contributed by atoms with E-state index in [4.69, 9.17) is 5.11 Å². The standard InChI is InChI=1S/C12H10FN3O4S/c1-15(4-7-5-21-6-14-7)10-2-8(12(17)18)9(13)3-11(10)16(19)20/h2-3,5-6H,4H2,1H3,(H,17,18). The van der Waals surface area contributed by atoms with Crippen molar-refractivity contribution in [2.75, 3.05) is 11.9 Å². The number of carbonyl (C=O) groups is 1. The Hall–Kier alpha value is -2.55. The number of halogens is 1. The number of carboxylic acids is 1. The van der Waals surface area contributed by atoms with Gasteiger partial charge in [0.25, 0.3) is 5.69 Å². The molecule has 0 saturated carbocycles.